The van der Waals surface area contributed by atoms with Crippen LogP contribution in [0.4, 0.5) is 11.5 Å². The van der Waals surface area contributed by atoms with Crippen LogP contribution in [0.15, 0.2) is 60.9 Å². The number of ether oxygens (including phenoxy) is 1. The van der Waals surface area contributed by atoms with Crippen LogP contribution >= 0.6 is 0 Å². The Morgan fingerprint density at radius 2 is 1.88 bits per heavy atom. The highest BCUT2D eigenvalue weighted by molar-refractivity contribution is 5.62. The number of hydrogen-bond acceptors (Lipinski definition) is 5. The molecule has 0 aliphatic heterocycles. The smallest absolute Gasteiger partial charge is 0.139 e. The topological polar surface area (TPSA) is 70.8 Å². The van der Waals surface area contributed by atoms with Gasteiger partial charge in [-0.25, -0.2) is 9.97 Å². The van der Waals surface area contributed by atoms with Crippen molar-refractivity contribution in [3.8, 4) is 6.07 Å². The second-order valence-electron chi connectivity index (χ2n) is 6.22. The lowest BCUT2D eigenvalue weighted by atomic mass is 10.1. The molecule has 2 aromatic carbocycles. The highest BCUT2D eigenvalue weighted by Gasteiger charge is 2.28. The maximum absolute atomic E-state index is 8.93. The Morgan fingerprint density at radius 1 is 1.08 bits per heavy atom. The highest BCUT2D eigenvalue weighted by Crippen LogP contribution is 2.38. The molecule has 0 saturated heterocycles. The Morgan fingerprint density at radius 3 is 2.65 bits per heavy atom. The first kappa shape index (κ1) is 16.2. The molecule has 5 nitrogen and oxygen atoms in total. The van der Waals surface area contributed by atoms with E-state index in [9.17, 15) is 0 Å². The zero-order chi connectivity index (χ0) is 17.8. The van der Waals surface area contributed by atoms with Gasteiger partial charge in [0.2, 0.25) is 0 Å². The van der Waals surface area contributed by atoms with E-state index in [2.05, 4.69) is 33.5 Å². The van der Waals surface area contributed by atoms with E-state index in [1.165, 1.54) is 0 Å². The number of nitrogens with one attached hydrogen (secondary N) is 1. The van der Waals surface area contributed by atoms with Crippen LogP contribution in [-0.2, 0) is 17.8 Å². The standard InChI is InChI=1S/C21H18N4O/c22-12-15-6-8-17(9-7-15)25-21-20-18(23-14-24-21)10-11-19(20)26-13-16-4-2-1-3-5-16/h1-9,14,19H,10-11,13H2,(H,23,24,25). The summed E-state index contributed by atoms with van der Waals surface area (Å²) in [5.74, 6) is 0.773. The Bertz CT molecular complexity index is 932. The number of benzene rings is 2. The van der Waals surface area contributed by atoms with Crippen molar-refractivity contribution in [1.82, 2.24) is 9.97 Å². The van der Waals surface area contributed by atoms with Gasteiger partial charge in [-0.15, -0.1) is 0 Å². The average Bonchev–Trinajstić information content (AvgIpc) is 3.12. The van der Waals surface area contributed by atoms with Gasteiger partial charge in [0.05, 0.1) is 30.0 Å². The molecular formula is C21H18N4O. The number of aryl methyl sites for hydroxylation is 1. The van der Waals surface area contributed by atoms with E-state index in [0.717, 1.165) is 41.2 Å². The molecule has 3 aromatic rings. The van der Waals surface area contributed by atoms with Crippen LogP contribution in [0.5, 0.6) is 0 Å². The molecule has 1 heterocycles. The first-order valence-electron chi connectivity index (χ1n) is 8.60. The van der Waals surface area contributed by atoms with Gasteiger partial charge in [0.25, 0.3) is 0 Å². The fourth-order valence-electron chi connectivity index (χ4n) is 3.18. The molecule has 1 atom stereocenters. The molecule has 0 bridgehead atoms. The Balaban J connectivity index is 1.54. The van der Waals surface area contributed by atoms with Crippen LogP contribution in [0.1, 0.15) is 34.9 Å². The monoisotopic (exact) mass is 342 g/mol. The van der Waals surface area contributed by atoms with Crippen molar-refractivity contribution >= 4 is 11.5 Å². The van der Waals surface area contributed by atoms with Crippen LogP contribution < -0.4 is 5.32 Å². The first-order chi connectivity index (χ1) is 12.8. The number of nitrogens with zero attached hydrogens (tertiary/aromatic N) is 3. The molecular weight excluding hydrogens is 324 g/mol. The van der Waals surface area contributed by atoms with Crippen molar-refractivity contribution in [2.45, 2.75) is 25.6 Å². The van der Waals surface area contributed by atoms with Crippen LogP contribution in [0.2, 0.25) is 0 Å². The second kappa shape index (κ2) is 7.34. The summed E-state index contributed by atoms with van der Waals surface area (Å²) in [7, 11) is 0. The largest absolute Gasteiger partial charge is 0.369 e. The summed E-state index contributed by atoms with van der Waals surface area (Å²) >= 11 is 0. The summed E-state index contributed by atoms with van der Waals surface area (Å²) in [4.78, 5) is 8.85. The molecule has 26 heavy (non-hydrogen) atoms. The van der Waals surface area contributed by atoms with Crippen LogP contribution in [0.3, 0.4) is 0 Å². The van der Waals surface area contributed by atoms with Crippen molar-refractivity contribution in [2.24, 2.45) is 0 Å². The number of nitriles is 1. The number of hydrogen-bond donors (Lipinski definition) is 1. The molecule has 1 N–H and O–H groups in total. The number of aromatic nitrogens is 2. The first-order valence-corrected chi connectivity index (χ1v) is 8.60. The fourth-order valence-corrected chi connectivity index (χ4v) is 3.18. The third-order valence-corrected chi connectivity index (χ3v) is 4.50. The molecule has 4 rings (SSSR count). The maximum atomic E-state index is 8.93. The van der Waals surface area contributed by atoms with E-state index in [1.807, 2.05) is 30.3 Å². The van der Waals surface area contributed by atoms with E-state index in [1.54, 1.807) is 18.5 Å². The van der Waals surface area contributed by atoms with Crippen molar-refractivity contribution in [2.75, 3.05) is 5.32 Å². The normalized spacial score (nSPS) is 15.3. The molecule has 0 fully saturated rings. The summed E-state index contributed by atoms with van der Waals surface area (Å²) in [6.07, 6.45) is 3.36. The third kappa shape index (κ3) is 3.41. The van der Waals surface area contributed by atoms with E-state index >= 15 is 0 Å². The van der Waals surface area contributed by atoms with Crippen LogP contribution in [0.25, 0.3) is 0 Å². The minimum Gasteiger partial charge on any atom is -0.369 e. The van der Waals surface area contributed by atoms with E-state index in [4.69, 9.17) is 10.00 Å². The zero-order valence-corrected chi connectivity index (χ0v) is 14.2. The van der Waals surface area contributed by atoms with Crippen LogP contribution in [0, 0.1) is 11.3 Å². The molecule has 0 radical (unpaired) electrons. The molecule has 0 spiro atoms. The molecule has 1 aromatic heterocycles. The van der Waals surface area contributed by atoms with Gasteiger partial charge in [-0.2, -0.15) is 5.26 Å². The lowest BCUT2D eigenvalue weighted by Gasteiger charge is -2.17. The zero-order valence-electron chi connectivity index (χ0n) is 14.2. The number of fused-ring (bicyclic) bond motifs is 1. The van der Waals surface area contributed by atoms with Gasteiger partial charge >= 0.3 is 0 Å². The Hall–Kier alpha value is -3.23. The predicted octanol–water partition coefficient (Wildman–Crippen LogP) is 4.30. The SMILES string of the molecule is N#Cc1ccc(Nc2ncnc3c2C(OCc2ccccc2)CC3)cc1. The Labute approximate surface area is 152 Å². The van der Waals surface area contributed by atoms with E-state index < -0.39 is 0 Å². The molecule has 5 heteroatoms. The Kier molecular flexibility index (Phi) is 4.59. The van der Waals surface area contributed by atoms with Crippen molar-refractivity contribution in [1.29, 1.82) is 5.26 Å². The highest BCUT2D eigenvalue weighted by atomic mass is 16.5. The summed E-state index contributed by atoms with van der Waals surface area (Å²) in [6.45, 7) is 0.566. The molecule has 0 amide bonds. The molecule has 1 aliphatic carbocycles. The maximum Gasteiger partial charge on any atom is 0.139 e. The minimum absolute atomic E-state index is 0.0210. The summed E-state index contributed by atoms with van der Waals surface area (Å²) < 4.78 is 6.17. The van der Waals surface area contributed by atoms with Gasteiger partial charge in [-0.1, -0.05) is 30.3 Å². The fraction of sp³-hybridized carbons (Fsp3) is 0.190. The van der Waals surface area contributed by atoms with E-state index in [-0.39, 0.29) is 6.10 Å². The summed E-state index contributed by atoms with van der Waals surface area (Å²) in [6, 6.07) is 19.6. The van der Waals surface area contributed by atoms with Crippen LogP contribution in [-0.4, -0.2) is 9.97 Å². The number of anilines is 2. The van der Waals surface area contributed by atoms with Gasteiger partial charge in [0, 0.05) is 11.3 Å². The molecule has 1 unspecified atom stereocenters. The predicted molar refractivity (Wildman–Crippen MR) is 98.8 cm³/mol. The molecule has 1 aliphatic rings. The average molecular weight is 342 g/mol. The van der Waals surface area contributed by atoms with Gasteiger partial charge < -0.3 is 10.1 Å². The van der Waals surface area contributed by atoms with Gasteiger partial charge in [0.15, 0.2) is 0 Å². The van der Waals surface area contributed by atoms with Crippen molar-refractivity contribution in [3.63, 3.8) is 0 Å². The van der Waals surface area contributed by atoms with Gasteiger partial charge in [-0.05, 0) is 42.7 Å². The molecule has 0 saturated carbocycles. The third-order valence-electron chi connectivity index (χ3n) is 4.50. The van der Waals surface area contributed by atoms with Gasteiger partial charge in [-0.3, -0.25) is 0 Å². The van der Waals surface area contributed by atoms with Gasteiger partial charge in [0.1, 0.15) is 12.1 Å². The summed E-state index contributed by atoms with van der Waals surface area (Å²) in [5.41, 5.74) is 4.74. The lowest BCUT2D eigenvalue weighted by Crippen LogP contribution is -2.06. The number of rotatable bonds is 5. The molecule has 128 valence electrons. The lowest BCUT2D eigenvalue weighted by molar-refractivity contribution is 0.0413. The summed E-state index contributed by atoms with van der Waals surface area (Å²) in [5, 5.41) is 12.3. The van der Waals surface area contributed by atoms with E-state index in [0.29, 0.717) is 12.2 Å². The van der Waals surface area contributed by atoms with Crippen molar-refractivity contribution in [3.05, 3.63) is 83.3 Å². The van der Waals surface area contributed by atoms with Crippen molar-refractivity contribution < 1.29 is 4.74 Å². The minimum atomic E-state index is -0.0210. The second-order valence-corrected chi connectivity index (χ2v) is 6.22. The quantitative estimate of drug-likeness (QED) is 0.749.